The van der Waals surface area contributed by atoms with Crippen molar-refractivity contribution in [1.82, 2.24) is 10.2 Å². The topological polar surface area (TPSA) is 62.6 Å². The van der Waals surface area contributed by atoms with Gasteiger partial charge in [-0.1, -0.05) is 12.1 Å². The normalized spacial score (nSPS) is 10.4. The van der Waals surface area contributed by atoms with Crippen LogP contribution in [0.1, 0.15) is 40.3 Å². The van der Waals surface area contributed by atoms with Crippen LogP contribution in [0.15, 0.2) is 45.5 Å². The van der Waals surface area contributed by atoms with Crippen LogP contribution in [0.2, 0.25) is 0 Å². The summed E-state index contributed by atoms with van der Waals surface area (Å²) in [6.07, 6.45) is 0. The molecule has 0 radical (unpaired) electrons. The van der Waals surface area contributed by atoms with E-state index in [1.54, 1.807) is 29.2 Å². The van der Waals surface area contributed by atoms with E-state index < -0.39 is 0 Å². The Morgan fingerprint density at radius 3 is 2.26 bits per heavy atom. The van der Waals surface area contributed by atoms with Gasteiger partial charge < -0.3 is 14.6 Å². The predicted octanol–water partition coefficient (Wildman–Crippen LogP) is 3.45. The molecule has 5 nitrogen and oxygen atoms in total. The maximum atomic E-state index is 12.2. The second kappa shape index (κ2) is 7.97. The zero-order valence-electron chi connectivity index (χ0n) is 13.1. The van der Waals surface area contributed by atoms with Crippen molar-refractivity contribution < 1.29 is 14.0 Å². The first kappa shape index (κ1) is 17.3. The molecule has 1 aromatic heterocycles. The van der Waals surface area contributed by atoms with Crippen molar-refractivity contribution in [3.8, 4) is 0 Å². The van der Waals surface area contributed by atoms with E-state index in [4.69, 9.17) is 4.42 Å². The number of rotatable bonds is 6. The molecule has 0 saturated carbocycles. The van der Waals surface area contributed by atoms with Crippen LogP contribution >= 0.6 is 15.9 Å². The second-order valence-corrected chi connectivity index (χ2v) is 5.74. The Hall–Kier alpha value is -2.08. The van der Waals surface area contributed by atoms with Gasteiger partial charge in [0.1, 0.15) is 0 Å². The van der Waals surface area contributed by atoms with Crippen LogP contribution in [0.5, 0.6) is 0 Å². The van der Waals surface area contributed by atoms with Gasteiger partial charge >= 0.3 is 0 Å². The predicted molar refractivity (Wildman–Crippen MR) is 91.3 cm³/mol. The molecule has 23 heavy (non-hydrogen) atoms. The Labute approximate surface area is 143 Å². The number of nitrogens with zero attached hydrogens (tertiary/aromatic N) is 1. The smallest absolute Gasteiger partial charge is 0.287 e. The summed E-state index contributed by atoms with van der Waals surface area (Å²) < 4.78 is 5.71. The Balaban J connectivity index is 1.95. The van der Waals surface area contributed by atoms with Crippen molar-refractivity contribution in [2.24, 2.45) is 0 Å². The molecule has 2 rings (SSSR count). The minimum atomic E-state index is -0.279. The lowest BCUT2D eigenvalue weighted by Gasteiger charge is -2.18. The summed E-state index contributed by atoms with van der Waals surface area (Å²) in [5.74, 6) is -0.00442. The number of benzene rings is 1. The fraction of sp³-hybridized carbons (Fsp3) is 0.294. The van der Waals surface area contributed by atoms with Crippen LogP contribution in [0.3, 0.4) is 0 Å². The molecular formula is C17H19BrN2O3. The van der Waals surface area contributed by atoms with E-state index in [9.17, 15) is 9.59 Å². The highest BCUT2D eigenvalue weighted by Crippen LogP contribution is 2.14. The molecule has 0 bridgehead atoms. The molecule has 0 atom stereocenters. The molecule has 1 N–H and O–H groups in total. The van der Waals surface area contributed by atoms with Gasteiger partial charge in [0, 0.05) is 25.2 Å². The largest absolute Gasteiger partial charge is 0.444 e. The zero-order chi connectivity index (χ0) is 16.8. The average molecular weight is 379 g/mol. The number of carbonyl (C=O) groups excluding carboxylic acids is 2. The number of furan rings is 1. The van der Waals surface area contributed by atoms with E-state index in [2.05, 4.69) is 21.2 Å². The van der Waals surface area contributed by atoms with Crippen molar-refractivity contribution in [2.45, 2.75) is 20.4 Å². The lowest BCUT2D eigenvalue weighted by molar-refractivity contribution is 0.0772. The molecule has 0 fully saturated rings. The molecule has 2 amide bonds. The van der Waals surface area contributed by atoms with E-state index in [1.807, 2.05) is 26.0 Å². The molecule has 1 aromatic carbocycles. The third-order valence-corrected chi connectivity index (χ3v) is 3.93. The summed E-state index contributed by atoms with van der Waals surface area (Å²) in [6, 6.07) is 10.5. The minimum Gasteiger partial charge on any atom is -0.444 e. The van der Waals surface area contributed by atoms with Gasteiger partial charge in [0.15, 0.2) is 10.4 Å². The average Bonchev–Trinajstić information content (AvgIpc) is 3.00. The van der Waals surface area contributed by atoms with Crippen molar-refractivity contribution in [3.63, 3.8) is 0 Å². The number of amides is 2. The molecule has 0 aliphatic rings. The fourth-order valence-corrected chi connectivity index (χ4v) is 2.47. The lowest BCUT2D eigenvalue weighted by Crippen LogP contribution is -2.30. The molecule has 6 heteroatoms. The first-order valence-electron chi connectivity index (χ1n) is 7.46. The van der Waals surface area contributed by atoms with E-state index in [0.717, 1.165) is 5.56 Å². The quantitative estimate of drug-likeness (QED) is 0.836. The standard InChI is InChI=1S/C17H19BrN2O3/c1-3-20(4-2)17(22)13-7-5-12(6-8-13)11-19-16(21)14-9-10-15(18)23-14/h5-10H,3-4,11H2,1-2H3,(H,19,21). The van der Waals surface area contributed by atoms with Crippen LogP contribution in [-0.2, 0) is 6.54 Å². The number of halogens is 1. The fourth-order valence-electron chi connectivity index (χ4n) is 2.16. The highest BCUT2D eigenvalue weighted by Gasteiger charge is 2.13. The van der Waals surface area contributed by atoms with E-state index >= 15 is 0 Å². The van der Waals surface area contributed by atoms with Crippen molar-refractivity contribution >= 4 is 27.7 Å². The molecule has 1 heterocycles. The van der Waals surface area contributed by atoms with Crippen molar-refractivity contribution in [3.05, 3.63) is 58.0 Å². The van der Waals surface area contributed by atoms with Crippen molar-refractivity contribution in [2.75, 3.05) is 13.1 Å². The summed E-state index contributed by atoms with van der Waals surface area (Å²) in [7, 11) is 0. The highest BCUT2D eigenvalue weighted by molar-refractivity contribution is 9.10. The van der Waals surface area contributed by atoms with Crippen LogP contribution < -0.4 is 5.32 Å². The molecule has 0 aliphatic heterocycles. The monoisotopic (exact) mass is 378 g/mol. The van der Waals surface area contributed by atoms with Gasteiger partial charge in [-0.25, -0.2) is 0 Å². The van der Waals surface area contributed by atoms with E-state index in [-0.39, 0.29) is 17.6 Å². The molecule has 122 valence electrons. The molecule has 2 aromatic rings. The van der Waals surface area contributed by atoms with Gasteiger partial charge in [0.05, 0.1) is 0 Å². The van der Waals surface area contributed by atoms with Gasteiger partial charge in [-0.3, -0.25) is 9.59 Å². The summed E-state index contributed by atoms with van der Waals surface area (Å²) in [5.41, 5.74) is 1.57. The number of hydrogen-bond donors (Lipinski definition) is 1. The first-order valence-corrected chi connectivity index (χ1v) is 8.26. The van der Waals surface area contributed by atoms with Gasteiger partial charge in [0.25, 0.3) is 11.8 Å². The number of nitrogens with one attached hydrogen (secondary N) is 1. The maximum Gasteiger partial charge on any atom is 0.287 e. The van der Waals surface area contributed by atoms with Gasteiger partial charge in [-0.15, -0.1) is 0 Å². The van der Waals surface area contributed by atoms with Gasteiger partial charge in [-0.05, 0) is 59.6 Å². The maximum absolute atomic E-state index is 12.2. The van der Waals surface area contributed by atoms with Gasteiger partial charge in [0.2, 0.25) is 0 Å². The molecule has 0 spiro atoms. The Kier molecular flexibility index (Phi) is 5.98. The Morgan fingerprint density at radius 1 is 1.09 bits per heavy atom. The van der Waals surface area contributed by atoms with E-state index in [1.165, 1.54) is 0 Å². The van der Waals surface area contributed by atoms with Gasteiger partial charge in [-0.2, -0.15) is 0 Å². The van der Waals surface area contributed by atoms with Crippen LogP contribution in [0.25, 0.3) is 0 Å². The summed E-state index contributed by atoms with van der Waals surface area (Å²) >= 11 is 3.16. The second-order valence-electron chi connectivity index (χ2n) is 4.96. The minimum absolute atomic E-state index is 0.0195. The van der Waals surface area contributed by atoms with Crippen LogP contribution in [-0.4, -0.2) is 29.8 Å². The molecular weight excluding hydrogens is 360 g/mol. The zero-order valence-corrected chi connectivity index (χ0v) is 14.7. The summed E-state index contributed by atoms with van der Waals surface area (Å²) in [6.45, 7) is 5.66. The summed E-state index contributed by atoms with van der Waals surface area (Å²) in [5, 5.41) is 2.77. The van der Waals surface area contributed by atoms with Crippen LogP contribution in [0.4, 0.5) is 0 Å². The summed E-state index contributed by atoms with van der Waals surface area (Å²) in [4.78, 5) is 25.9. The lowest BCUT2D eigenvalue weighted by atomic mass is 10.1. The molecule has 0 saturated heterocycles. The van der Waals surface area contributed by atoms with Crippen LogP contribution in [0, 0.1) is 0 Å². The molecule has 0 unspecified atom stereocenters. The third kappa shape index (κ3) is 4.45. The third-order valence-electron chi connectivity index (χ3n) is 3.50. The number of hydrogen-bond acceptors (Lipinski definition) is 3. The van der Waals surface area contributed by atoms with Crippen molar-refractivity contribution in [1.29, 1.82) is 0 Å². The highest BCUT2D eigenvalue weighted by atomic mass is 79.9. The molecule has 0 aliphatic carbocycles. The Morgan fingerprint density at radius 2 is 1.74 bits per heavy atom. The Bertz CT molecular complexity index is 675. The van der Waals surface area contributed by atoms with E-state index in [0.29, 0.717) is 29.9 Å². The number of carbonyl (C=O) groups is 2. The SMILES string of the molecule is CCN(CC)C(=O)c1ccc(CNC(=O)c2ccc(Br)o2)cc1. The first-order chi connectivity index (χ1) is 11.0.